The van der Waals surface area contributed by atoms with Gasteiger partial charge >= 0.3 is 0 Å². The fraction of sp³-hybridized carbons (Fsp3) is 0.190. The van der Waals surface area contributed by atoms with E-state index in [2.05, 4.69) is 21.2 Å². The van der Waals surface area contributed by atoms with Crippen LogP contribution in [0.4, 0.5) is 5.69 Å². The maximum absolute atomic E-state index is 13.5. The SMILES string of the molecule is O=C1NC(=O)[C@@H]2[C@@H]1[C@H]1C=Cc3ccc(Cl)cc3N1[C@@H]2C(=O)c1ccc(Br)cc1. The Labute approximate surface area is 174 Å². The first-order chi connectivity index (χ1) is 13.5. The standard InChI is InChI=1S/C21H14BrClN2O3/c22-12-5-1-11(2-6-12)19(26)18-17-16(20(27)24-21(17)28)14-8-4-10-3-7-13(23)9-15(10)25(14)18/h1-9,14,16-18H,(H,24,27,28)/t14-,16+,17-,18+/m1/s1. The fourth-order valence-electron chi connectivity index (χ4n) is 4.53. The Balaban J connectivity index is 1.67. The summed E-state index contributed by atoms with van der Waals surface area (Å²) in [7, 11) is 0. The van der Waals surface area contributed by atoms with Gasteiger partial charge in [0, 0.05) is 20.7 Å². The second-order valence-electron chi connectivity index (χ2n) is 7.18. The molecule has 2 aromatic carbocycles. The number of hydrogen-bond donors (Lipinski definition) is 1. The van der Waals surface area contributed by atoms with E-state index in [0.717, 1.165) is 15.7 Å². The molecule has 4 atom stereocenters. The number of hydrogen-bond acceptors (Lipinski definition) is 4. The quantitative estimate of drug-likeness (QED) is 0.554. The van der Waals surface area contributed by atoms with Crippen molar-refractivity contribution < 1.29 is 14.4 Å². The summed E-state index contributed by atoms with van der Waals surface area (Å²) >= 11 is 9.59. The van der Waals surface area contributed by atoms with Gasteiger partial charge in [0.1, 0.15) is 6.04 Å². The minimum Gasteiger partial charge on any atom is -0.352 e. The van der Waals surface area contributed by atoms with E-state index >= 15 is 0 Å². The Bertz CT molecular complexity index is 1070. The largest absolute Gasteiger partial charge is 0.352 e. The number of nitrogens with zero attached hydrogens (tertiary/aromatic N) is 1. The monoisotopic (exact) mass is 456 g/mol. The third-order valence-electron chi connectivity index (χ3n) is 5.71. The minimum atomic E-state index is -0.773. The highest BCUT2D eigenvalue weighted by molar-refractivity contribution is 9.10. The Kier molecular flexibility index (Phi) is 3.96. The van der Waals surface area contributed by atoms with E-state index in [1.54, 1.807) is 36.4 Å². The predicted octanol–water partition coefficient (Wildman–Crippen LogP) is 3.46. The lowest BCUT2D eigenvalue weighted by atomic mass is 9.86. The average molecular weight is 458 g/mol. The molecular weight excluding hydrogens is 444 g/mol. The molecule has 7 heteroatoms. The van der Waals surface area contributed by atoms with Crippen LogP contribution >= 0.6 is 27.5 Å². The Morgan fingerprint density at radius 1 is 1.04 bits per heavy atom. The van der Waals surface area contributed by atoms with E-state index < -0.39 is 23.8 Å². The molecule has 2 amide bonds. The van der Waals surface area contributed by atoms with Crippen molar-refractivity contribution in [1.29, 1.82) is 0 Å². The zero-order chi connectivity index (χ0) is 19.6. The third kappa shape index (κ3) is 2.48. The lowest BCUT2D eigenvalue weighted by Crippen LogP contribution is -2.47. The molecule has 0 spiro atoms. The summed E-state index contributed by atoms with van der Waals surface area (Å²) in [5, 5.41) is 2.95. The molecule has 0 unspecified atom stereocenters. The number of nitrogens with one attached hydrogen (secondary N) is 1. The van der Waals surface area contributed by atoms with E-state index in [4.69, 9.17) is 11.6 Å². The molecule has 3 heterocycles. The number of benzene rings is 2. The van der Waals surface area contributed by atoms with E-state index in [1.807, 2.05) is 23.1 Å². The number of imide groups is 1. The van der Waals surface area contributed by atoms with E-state index in [9.17, 15) is 14.4 Å². The number of carbonyl (C=O) groups is 3. The second-order valence-corrected chi connectivity index (χ2v) is 8.53. The Morgan fingerprint density at radius 3 is 2.50 bits per heavy atom. The van der Waals surface area contributed by atoms with Gasteiger partial charge in [-0.05, 0) is 29.8 Å². The number of anilines is 1. The van der Waals surface area contributed by atoms with Crippen molar-refractivity contribution >= 4 is 56.9 Å². The van der Waals surface area contributed by atoms with Crippen molar-refractivity contribution in [1.82, 2.24) is 5.32 Å². The topological polar surface area (TPSA) is 66.5 Å². The van der Waals surface area contributed by atoms with Gasteiger partial charge in [0.2, 0.25) is 11.8 Å². The molecule has 0 saturated carbocycles. The van der Waals surface area contributed by atoms with Crippen LogP contribution < -0.4 is 10.2 Å². The Hall–Kier alpha value is -2.44. The summed E-state index contributed by atoms with van der Waals surface area (Å²) < 4.78 is 0.859. The summed E-state index contributed by atoms with van der Waals surface area (Å²) in [6.07, 6.45) is 3.83. The van der Waals surface area contributed by atoms with Crippen LogP contribution in [0.15, 0.2) is 53.0 Å². The van der Waals surface area contributed by atoms with E-state index in [-0.39, 0.29) is 17.7 Å². The van der Waals surface area contributed by atoms with Gasteiger partial charge in [0.05, 0.1) is 17.9 Å². The lowest BCUT2D eigenvalue weighted by molar-refractivity contribution is -0.126. The van der Waals surface area contributed by atoms with Crippen LogP contribution in [0.5, 0.6) is 0 Å². The smallest absolute Gasteiger partial charge is 0.233 e. The molecule has 2 fully saturated rings. The first kappa shape index (κ1) is 17.6. The van der Waals surface area contributed by atoms with Crippen LogP contribution in [0.2, 0.25) is 5.02 Å². The second kappa shape index (κ2) is 6.29. The molecule has 3 aliphatic rings. The van der Waals surface area contributed by atoms with Crippen molar-refractivity contribution in [3.8, 4) is 0 Å². The van der Waals surface area contributed by atoms with Gasteiger partial charge in [-0.25, -0.2) is 0 Å². The van der Waals surface area contributed by atoms with Crippen molar-refractivity contribution in [3.05, 3.63) is 69.2 Å². The van der Waals surface area contributed by atoms with Gasteiger partial charge in [-0.15, -0.1) is 0 Å². The molecule has 2 saturated heterocycles. The number of rotatable bonds is 2. The van der Waals surface area contributed by atoms with E-state index in [0.29, 0.717) is 10.6 Å². The molecular formula is C21H14BrClN2O3. The fourth-order valence-corrected chi connectivity index (χ4v) is 4.96. The highest BCUT2D eigenvalue weighted by Gasteiger charge is 2.61. The molecule has 0 radical (unpaired) electrons. The number of carbonyl (C=O) groups excluding carboxylic acids is 3. The zero-order valence-electron chi connectivity index (χ0n) is 14.4. The maximum Gasteiger partial charge on any atom is 0.233 e. The molecule has 28 heavy (non-hydrogen) atoms. The molecule has 2 aromatic rings. The van der Waals surface area contributed by atoms with Crippen molar-refractivity contribution in [2.45, 2.75) is 12.1 Å². The van der Waals surface area contributed by atoms with E-state index in [1.165, 1.54) is 0 Å². The summed E-state index contributed by atoms with van der Waals surface area (Å²) in [6, 6.07) is 11.3. The van der Waals surface area contributed by atoms with Crippen LogP contribution in [0.25, 0.3) is 6.08 Å². The van der Waals surface area contributed by atoms with Gasteiger partial charge in [0.15, 0.2) is 5.78 Å². The first-order valence-electron chi connectivity index (χ1n) is 8.86. The average Bonchev–Trinajstić information content (AvgIpc) is 3.17. The van der Waals surface area contributed by atoms with Gasteiger partial charge in [0.25, 0.3) is 0 Å². The van der Waals surface area contributed by atoms with Gasteiger partial charge in [-0.1, -0.05) is 57.9 Å². The number of ketones is 1. The van der Waals surface area contributed by atoms with Gasteiger partial charge < -0.3 is 4.90 Å². The van der Waals surface area contributed by atoms with Gasteiger partial charge in [-0.2, -0.15) is 0 Å². The third-order valence-corrected chi connectivity index (χ3v) is 6.47. The Morgan fingerprint density at radius 2 is 1.75 bits per heavy atom. The highest BCUT2D eigenvalue weighted by atomic mass is 79.9. The molecule has 5 rings (SSSR count). The molecule has 3 aliphatic heterocycles. The van der Waals surface area contributed by atoms with Crippen LogP contribution in [-0.4, -0.2) is 29.7 Å². The summed E-state index contributed by atoms with van der Waals surface area (Å²) in [5.74, 6) is -2.23. The molecule has 0 aliphatic carbocycles. The molecule has 1 N–H and O–H groups in total. The van der Waals surface area contributed by atoms with Crippen molar-refractivity contribution in [2.75, 3.05) is 4.90 Å². The first-order valence-corrected chi connectivity index (χ1v) is 10.0. The molecule has 0 bridgehead atoms. The summed E-state index contributed by atoms with van der Waals surface area (Å²) in [6.45, 7) is 0. The molecule has 140 valence electrons. The number of amides is 2. The number of halogens is 2. The maximum atomic E-state index is 13.5. The van der Waals surface area contributed by atoms with Crippen LogP contribution in [0.3, 0.4) is 0 Å². The highest BCUT2D eigenvalue weighted by Crippen LogP contribution is 2.47. The normalized spacial score (nSPS) is 27.3. The van der Waals surface area contributed by atoms with Crippen molar-refractivity contribution in [3.63, 3.8) is 0 Å². The number of Topliss-reactive ketones (excluding diaryl/α,β-unsaturated/α-hetero) is 1. The van der Waals surface area contributed by atoms with Gasteiger partial charge in [-0.3, -0.25) is 19.7 Å². The van der Waals surface area contributed by atoms with Crippen LogP contribution in [0.1, 0.15) is 15.9 Å². The van der Waals surface area contributed by atoms with Crippen LogP contribution in [0, 0.1) is 11.8 Å². The van der Waals surface area contributed by atoms with Crippen LogP contribution in [-0.2, 0) is 9.59 Å². The molecule has 5 nitrogen and oxygen atoms in total. The predicted molar refractivity (Wildman–Crippen MR) is 109 cm³/mol. The van der Waals surface area contributed by atoms with Crippen molar-refractivity contribution in [2.24, 2.45) is 11.8 Å². The summed E-state index contributed by atoms with van der Waals surface area (Å²) in [4.78, 5) is 40.5. The lowest BCUT2D eigenvalue weighted by Gasteiger charge is -2.36. The zero-order valence-corrected chi connectivity index (χ0v) is 16.8. The minimum absolute atomic E-state index is 0.184. The number of fused-ring (bicyclic) bond motifs is 5. The summed E-state index contributed by atoms with van der Waals surface area (Å²) in [5.41, 5.74) is 2.17. The molecule has 0 aromatic heterocycles.